The van der Waals surface area contributed by atoms with Gasteiger partial charge in [-0.1, -0.05) is 49.4 Å². The highest BCUT2D eigenvalue weighted by Gasteiger charge is 2.20. The van der Waals surface area contributed by atoms with Crippen LogP contribution in [-0.2, 0) is 16.1 Å². The molecule has 0 radical (unpaired) electrons. The highest BCUT2D eigenvalue weighted by atomic mass is 19.1. The SMILES string of the molecule is CC(CC(=O)N(CC(=O)O)Cc1ccccc1)c1ccc(F)cc1. The lowest BCUT2D eigenvalue weighted by Gasteiger charge is -2.23. The smallest absolute Gasteiger partial charge is 0.323 e. The Bertz CT molecular complexity index is 686. The van der Waals surface area contributed by atoms with E-state index in [0.29, 0.717) is 0 Å². The lowest BCUT2D eigenvalue weighted by Crippen LogP contribution is -2.35. The van der Waals surface area contributed by atoms with Crippen molar-refractivity contribution in [2.45, 2.75) is 25.8 Å². The first-order chi connectivity index (χ1) is 11.5. The maximum Gasteiger partial charge on any atom is 0.323 e. The van der Waals surface area contributed by atoms with Gasteiger partial charge in [0.05, 0.1) is 0 Å². The van der Waals surface area contributed by atoms with Crippen LogP contribution in [0.25, 0.3) is 0 Å². The Morgan fingerprint density at radius 1 is 1.08 bits per heavy atom. The molecule has 0 aliphatic carbocycles. The molecule has 0 spiro atoms. The summed E-state index contributed by atoms with van der Waals surface area (Å²) < 4.78 is 13.0. The van der Waals surface area contributed by atoms with Gasteiger partial charge in [0.15, 0.2) is 0 Å². The average molecular weight is 329 g/mol. The highest BCUT2D eigenvalue weighted by Crippen LogP contribution is 2.21. The number of amides is 1. The van der Waals surface area contributed by atoms with Gasteiger partial charge in [-0.05, 0) is 29.2 Å². The molecule has 0 aromatic heterocycles. The summed E-state index contributed by atoms with van der Waals surface area (Å²) in [6.45, 7) is 1.78. The van der Waals surface area contributed by atoms with Gasteiger partial charge in [0, 0.05) is 13.0 Å². The number of nitrogens with zero attached hydrogens (tertiary/aromatic N) is 1. The van der Waals surface area contributed by atoms with Crippen LogP contribution in [0, 0.1) is 5.82 Å². The van der Waals surface area contributed by atoms with Gasteiger partial charge < -0.3 is 10.0 Å². The van der Waals surface area contributed by atoms with E-state index < -0.39 is 5.97 Å². The quantitative estimate of drug-likeness (QED) is 0.846. The molecule has 5 heteroatoms. The second-order valence-corrected chi connectivity index (χ2v) is 5.79. The first kappa shape index (κ1) is 17.7. The molecule has 126 valence electrons. The van der Waals surface area contributed by atoms with E-state index >= 15 is 0 Å². The van der Waals surface area contributed by atoms with Crippen molar-refractivity contribution in [3.63, 3.8) is 0 Å². The number of hydrogen-bond donors (Lipinski definition) is 1. The van der Waals surface area contributed by atoms with Crippen molar-refractivity contribution in [1.29, 1.82) is 0 Å². The monoisotopic (exact) mass is 329 g/mol. The number of halogens is 1. The zero-order valence-electron chi connectivity index (χ0n) is 13.5. The fourth-order valence-electron chi connectivity index (χ4n) is 2.50. The van der Waals surface area contributed by atoms with Crippen molar-refractivity contribution < 1.29 is 19.1 Å². The normalized spacial score (nSPS) is 11.8. The zero-order valence-corrected chi connectivity index (χ0v) is 13.5. The Hall–Kier alpha value is -2.69. The summed E-state index contributed by atoms with van der Waals surface area (Å²) >= 11 is 0. The third-order valence-electron chi connectivity index (χ3n) is 3.81. The minimum absolute atomic E-state index is 0.120. The molecule has 0 fully saturated rings. The second kappa shape index (κ2) is 8.24. The van der Waals surface area contributed by atoms with Crippen LogP contribution in [0.3, 0.4) is 0 Å². The minimum Gasteiger partial charge on any atom is -0.480 e. The molecule has 24 heavy (non-hydrogen) atoms. The lowest BCUT2D eigenvalue weighted by molar-refractivity contribution is -0.145. The fourth-order valence-corrected chi connectivity index (χ4v) is 2.50. The van der Waals surface area contributed by atoms with Gasteiger partial charge in [0.1, 0.15) is 12.4 Å². The van der Waals surface area contributed by atoms with Gasteiger partial charge >= 0.3 is 5.97 Å². The first-order valence-electron chi connectivity index (χ1n) is 7.74. The molecule has 0 saturated heterocycles. The van der Waals surface area contributed by atoms with E-state index in [0.717, 1.165) is 11.1 Å². The Balaban J connectivity index is 2.06. The van der Waals surface area contributed by atoms with Crippen molar-refractivity contribution in [2.75, 3.05) is 6.54 Å². The summed E-state index contributed by atoms with van der Waals surface area (Å²) in [5, 5.41) is 9.06. The first-order valence-corrected chi connectivity index (χ1v) is 7.74. The number of benzene rings is 2. The van der Waals surface area contributed by atoms with Crippen LogP contribution in [-0.4, -0.2) is 28.4 Å². The molecule has 4 nitrogen and oxygen atoms in total. The van der Waals surface area contributed by atoms with Crippen LogP contribution in [0.15, 0.2) is 54.6 Å². The number of carboxylic acids is 1. The molecule has 0 bridgehead atoms. The number of aliphatic carboxylic acids is 1. The molecule has 2 aromatic carbocycles. The van der Waals surface area contributed by atoms with E-state index in [9.17, 15) is 14.0 Å². The summed E-state index contributed by atoms with van der Waals surface area (Å²) in [6.07, 6.45) is 0.172. The van der Waals surface area contributed by atoms with E-state index in [1.807, 2.05) is 37.3 Å². The third kappa shape index (κ3) is 5.19. The third-order valence-corrected chi connectivity index (χ3v) is 3.81. The molecule has 0 aliphatic rings. The van der Waals surface area contributed by atoms with Crippen LogP contribution in [0.5, 0.6) is 0 Å². The van der Waals surface area contributed by atoms with Crippen LogP contribution in [0.2, 0.25) is 0 Å². The van der Waals surface area contributed by atoms with Crippen LogP contribution in [0.1, 0.15) is 30.4 Å². The molecular formula is C19H20FNO3. The molecule has 0 saturated carbocycles. The van der Waals surface area contributed by atoms with Crippen molar-refractivity contribution >= 4 is 11.9 Å². The topological polar surface area (TPSA) is 57.6 Å². The van der Waals surface area contributed by atoms with Crippen molar-refractivity contribution in [3.05, 3.63) is 71.5 Å². The van der Waals surface area contributed by atoms with E-state index in [4.69, 9.17) is 5.11 Å². The van der Waals surface area contributed by atoms with Crippen LogP contribution in [0.4, 0.5) is 4.39 Å². The summed E-state index contributed by atoms with van der Waals surface area (Å²) in [5.74, 6) is -1.73. The Morgan fingerprint density at radius 3 is 2.29 bits per heavy atom. The molecule has 0 heterocycles. The number of carbonyl (C=O) groups is 2. The van der Waals surface area contributed by atoms with E-state index in [2.05, 4.69) is 0 Å². The molecule has 1 unspecified atom stereocenters. The van der Waals surface area contributed by atoms with Gasteiger partial charge in [0.25, 0.3) is 0 Å². The Kier molecular flexibility index (Phi) is 6.07. The van der Waals surface area contributed by atoms with Crippen molar-refractivity contribution in [2.24, 2.45) is 0 Å². The molecule has 1 atom stereocenters. The van der Waals surface area contributed by atoms with E-state index in [1.54, 1.807) is 12.1 Å². The summed E-state index contributed by atoms with van der Waals surface area (Å²) in [5.41, 5.74) is 1.72. The molecule has 1 N–H and O–H groups in total. The van der Waals surface area contributed by atoms with Gasteiger partial charge in [-0.3, -0.25) is 9.59 Å². The molecule has 1 amide bonds. The maximum atomic E-state index is 13.0. The van der Waals surface area contributed by atoms with Gasteiger partial charge in [-0.25, -0.2) is 4.39 Å². The number of carboxylic acid groups (broad SMARTS) is 1. The number of carbonyl (C=O) groups excluding carboxylic acids is 1. The van der Waals surface area contributed by atoms with Crippen LogP contribution >= 0.6 is 0 Å². The van der Waals surface area contributed by atoms with Crippen molar-refractivity contribution in [3.8, 4) is 0 Å². The molecular weight excluding hydrogens is 309 g/mol. The average Bonchev–Trinajstić information content (AvgIpc) is 2.55. The fraction of sp³-hybridized carbons (Fsp3) is 0.263. The summed E-state index contributed by atoms with van der Waals surface area (Å²) in [6, 6.07) is 15.3. The summed E-state index contributed by atoms with van der Waals surface area (Å²) in [4.78, 5) is 24.9. The van der Waals surface area contributed by atoms with E-state index in [-0.39, 0.29) is 37.2 Å². The van der Waals surface area contributed by atoms with Crippen molar-refractivity contribution in [1.82, 2.24) is 4.90 Å². The standard InChI is InChI=1S/C19H20FNO3/c1-14(16-7-9-17(20)10-8-16)11-18(22)21(13-19(23)24)12-15-5-3-2-4-6-15/h2-10,14H,11-13H2,1H3,(H,23,24). The van der Waals surface area contributed by atoms with Gasteiger partial charge in [0.2, 0.25) is 5.91 Å². The highest BCUT2D eigenvalue weighted by molar-refractivity contribution is 5.81. The van der Waals surface area contributed by atoms with E-state index in [1.165, 1.54) is 17.0 Å². The minimum atomic E-state index is -1.05. The van der Waals surface area contributed by atoms with Gasteiger partial charge in [-0.15, -0.1) is 0 Å². The largest absolute Gasteiger partial charge is 0.480 e. The lowest BCUT2D eigenvalue weighted by atomic mass is 9.97. The van der Waals surface area contributed by atoms with Crippen LogP contribution < -0.4 is 0 Å². The molecule has 0 aliphatic heterocycles. The number of hydrogen-bond acceptors (Lipinski definition) is 2. The predicted octanol–water partition coefficient (Wildman–Crippen LogP) is 3.43. The summed E-state index contributed by atoms with van der Waals surface area (Å²) in [7, 11) is 0. The zero-order chi connectivity index (χ0) is 17.5. The molecule has 2 rings (SSSR count). The molecule has 2 aromatic rings. The maximum absolute atomic E-state index is 13.0. The number of rotatable bonds is 7. The second-order valence-electron chi connectivity index (χ2n) is 5.79. The van der Waals surface area contributed by atoms with Gasteiger partial charge in [-0.2, -0.15) is 0 Å². The Morgan fingerprint density at radius 2 is 1.71 bits per heavy atom. The predicted molar refractivity (Wildman–Crippen MR) is 88.9 cm³/mol. The Labute approximate surface area is 140 Å².